The summed E-state index contributed by atoms with van der Waals surface area (Å²) >= 11 is 0. The van der Waals surface area contributed by atoms with Gasteiger partial charge in [0.1, 0.15) is 11.7 Å². The smallest absolute Gasteiger partial charge is 0.343 e. The highest BCUT2D eigenvalue weighted by Gasteiger charge is 2.36. The maximum atomic E-state index is 12.6. The fourth-order valence-electron chi connectivity index (χ4n) is 3.45. The molecule has 0 aliphatic carbocycles. The van der Waals surface area contributed by atoms with Crippen molar-refractivity contribution in [3.05, 3.63) is 47.5 Å². The third-order valence-corrected chi connectivity index (χ3v) is 4.91. The Labute approximate surface area is 187 Å². The second-order valence-electron chi connectivity index (χ2n) is 7.03. The molecule has 12 heteroatoms. The lowest BCUT2D eigenvalue weighted by Gasteiger charge is -2.12. The first-order valence-corrected chi connectivity index (χ1v) is 9.75. The molecule has 2 N–H and O–H groups in total. The molecular formula is C21H19N5O7. The lowest BCUT2D eigenvalue weighted by molar-refractivity contribution is -0.138. The number of carbonyl (C=O) groups is 3. The summed E-state index contributed by atoms with van der Waals surface area (Å²) in [5, 5.41) is 23.0. The van der Waals surface area contributed by atoms with Gasteiger partial charge in [0.25, 0.3) is 0 Å². The topological polar surface area (TPSA) is 155 Å². The number of carbonyl (C=O) groups excluding carboxylic acids is 2. The van der Waals surface area contributed by atoms with Gasteiger partial charge < -0.3 is 24.6 Å². The number of hydrogen-bond donors (Lipinski definition) is 2. The standard InChI is InChI=1S/C21H19N5O7/c1-31-14-8-7-13-15(33-21(30)18(13)19(14)32-2)9-16(27)22-12-5-3-11(4-6-12)20-23-25-26(24-20)10-17(28)29/h3-8,15H,9-10H2,1-2H3,(H,22,27)(H,28,29)/t15-/m0/s1. The number of carboxylic acid groups (broad SMARTS) is 1. The van der Waals surface area contributed by atoms with Gasteiger partial charge in [-0.25, -0.2) is 4.79 Å². The summed E-state index contributed by atoms with van der Waals surface area (Å²) in [6.45, 7) is -0.394. The van der Waals surface area contributed by atoms with Crippen LogP contribution in [0.1, 0.15) is 28.4 Å². The second kappa shape index (κ2) is 8.94. The molecule has 1 aromatic heterocycles. The summed E-state index contributed by atoms with van der Waals surface area (Å²) in [4.78, 5) is 36.6. The number of cyclic esters (lactones) is 1. The van der Waals surface area contributed by atoms with E-state index in [2.05, 4.69) is 20.7 Å². The van der Waals surface area contributed by atoms with Crippen LogP contribution < -0.4 is 14.8 Å². The minimum Gasteiger partial charge on any atom is -0.493 e. The number of benzene rings is 2. The van der Waals surface area contributed by atoms with Gasteiger partial charge in [-0.3, -0.25) is 9.59 Å². The third-order valence-electron chi connectivity index (χ3n) is 4.91. The molecule has 0 fully saturated rings. The van der Waals surface area contributed by atoms with Gasteiger partial charge in [0.05, 0.1) is 20.6 Å². The minimum absolute atomic E-state index is 0.0823. The van der Waals surface area contributed by atoms with Crippen molar-refractivity contribution in [1.82, 2.24) is 20.2 Å². The van der Waals surface area contributed by atoms with Gasteiger partial charge in [-0.15, -0.1) is 10.2 Å². The number of fused-ring (bicyclic) bond motifs is 1. The first-order valence-electron chi connectivity index (χ1n) is 9.75. The molecule has 12 nitrogen and oxygen atoms in total. The van der Waals surface area contributed by atoms with Crippen molar-refractivity contribution in [3.63, 3.8) is 0 Å². The summed E-state index contributed by atoms with van der Waals surface area (Å²) in [6, 6.07) is 9.96. The minimum atomic E-state index is -1.08. The number of nitrogens with one attached hydrogen (secondary N) is 1. The number of esters is 1. The van der Waals surface area contributed by atoms with Crippen LogP contribution in [0.2, 0.25) is 0 Å². The number of aliphatic carboxylic acids is 1. The van der Waals surface area contributed by atoms with Gasteiger partial charge in [-0.05, 0) is 35.5 Å². The number of tetrazole rings is 1. The SMILES string of the molecule is COc1ccc2c(c1OC)C(=O)O[C@H]2CC(=O)Nc1ccc(-c2nnn(CC(=O)O)n2)cc1. The maximum Gasteiger partial charge on any atom is 0.343 e. The van der Waals surface area contributed by atoms with Gasteiger partial charge in [-0.2, -0.15) is 4.80 Å². The predicted molar refractivity (Wildman–Crippen MR) is 112 cm³/mol. The molecule has 3 aromatic rings. The molecule has 0 bridgehead atoms. The average molecular weight is 453 g/mol. The Bertz CT molecular complexity index is 1220. The Morgan fingerprint density at radius 3 is 2.58 bits per heavy atom. The van der Waals surface area contributed by atoms with E-state index < -0.39 is 24.6 Å². The first kappa shape index (κ1) is 21.7. The molecule has 33 heavy (non-hydrogen) atoms. The van der Waals surface area contributed by atoms with E-state index >= 15 is 0 Å². The molecule has 2 aromatic carbocycles. The molecule has 1 amide bonds. The van der Waals surface area contributed by atoms with Crippen molar-refractivity contribution in [2.24, 2.45) is 0 Å². The monoisotopic (exact) mass is 453 g/mol. The lowest BCUT2D eigenvalue weighted by atomic mass is 10.0. The zero-order valence-electron chi connectivity index (χ0n) is 17.6. The number of carboxylic acids is 1. The quantitative estimate of drug-likeness (QED) is 0.481. The number of amides is 1. The molecule has 0 radical (unpaired) electrons. The number of aromatic nitrogens is 4. The van der Waals surface area contributed by atoms with E-state index in [0.717, 1.165) is 4.80 Å². The van der Waals surface area contributed by atoms with Crippen LogP contribution in [0.5, 0.6) is 11.5 Å². The third kappa shape index (κ3) is 4.44. The Morgan fingerprint density at radius 2 is 1.91 bits per heavy atom. The number of nitrogens with zero attached hydrogens (tertiary/aromatic N) is 4. The normalized spacial score (nSPS) is 14.4. The zero-order chi connectivity index (χ0) is 23.5. The summed E-state index contributed by atoms with van der Waals surface area (Å²) in [5.74, 6) is -1.08. The van der Waals surface area contributed by atoms with Crippen LogP contribution in [0.4, 0.5) is 5.69 Å². The van der Waals surface area contributed by atoms with Gasteiger partial charge >= 0.3 is 11.9 Å². The number of rotatable bonds is 8. The van der Waals surface area contributed by atoms with Gasteiger partial charge in [0, 0.05) is 16.8 Å². The largest absolute Gasteiger partial charge is 0.493 e. The van der Waals surface area contributed by atoms with Crippen LogP contribution >= 0.6 is 0 Å². The van der Waals surface area contributed by atoms with Gasteiger partial charge in [0.15, 0.2) is 18.0 Å². The van der Waals surface area contributed by atoms with Crippen molar-refractivity contribution in [2.45, 2.75) is 19.1 Å². The van der Waals surface area contributed by atoms with E-state index in [0.29, 0.717) is 22.6 Å². The molecule has 4 rings (SSSR count). The van der Waals surface area contributed by atoms with Crippen LogP contribution in [0.15, 0.2) is 36.4 Å². The molecule has 0 saturated heterocycles. The molecule has 0 unspecified atom stereocenters. The van der Waals surface area contributed by atoms with E-state index in [1.54, 1.807) is 36.4 Å². The number of ether oxygens (including phenoxy) is 3. The number of anilines is 1. The fourth-order valence-corrected chi connectivity index (χ4v) is 3.45. The molecule has 1 atom stereocenters. The van der Waals surface area contributed by atoms with Crippen LogP contribution in [0.25, 0.3) is 11.4 Å². The van der Waals surface area contributed by atoms with E-state index in [9.17, 15) is 14.4 Å². The van der Waals surface area contributed by atoms with E-state index in [1.807, 2.05) is 0 Å². The zero-order valence-corrected chi connectivity index (χ0v) is 17.6. The van der Waals surface area contributed by atoms with Crippen molar-refractivity contribution in [2.75, 3.05) is 19.5 Å². The molecular weight excluding hydrogens is 434 g/mol. The second-order valence-corrected chi connectivity index (χ2v) is 7.03. The molecule has 170 valence electrons. The fraction of sp³-hybridized carbons (Fsp3) is 0.238. The Kier molecular flexibility index (Phi) is 5.89. The first-order chi connectivity index (χ1) is 15.9. The predicted octanol–water partition coefficient (Wildman–Crippen LogP) is 1.68. The summed E-state index contributed by atoms with van der Waals surface area (Å²) in [6.07, 6.45) is -0.832. The van der Waals surface area contributed by atoms with Crippen molar-refractivity contribution in [3.8, 4) is 22.9 Å². The van der Waals surface area contributed by atoms with E-state index in [-0.39, 0.29) is 29.5 Å². The number of hydrogen-bond acceptors (Lipinski definition) is 9. The number of methoxy groups -OCH3 is 2. The van der Waals surface area contributed by atoms with Gasteiger partial charge in [0.2, 0.25) is 11.7 Å². The van der Waals surface area contributed by atoms with Gasteiger partial charge in [-0.1, -0.05) is 6.07 Å². The van der Waals surface area contributed by atoms with Crippen molar-refractivity contribution >= 4 is 23.5 Å². The van der Waals surface area contributed by atoms with Crippen LogP contribution in [0.3, 0.4) is 0 Å². The van der Waals surface area contributed by atoms with Crippen molar-refractivity contribution in [1.29, 1.82) is 0 Å². The molecule has 2 heterocycles. The Balaban J connectivity index is 1.42. The molecule has 0 saturated carbocycles. The van der Waals surface area contributed by atoms with Crippen LogP contribution in [0, 0.1) is 0 Å². The Morgan fingerprint density at radius 1 is 1.15 bits per heavy atom. The van der Waals surface area contributed by atoms with E-state index in [4.69, 9.17) is 19.3 Å². The molecule has 1 aliphatic rings. The molecule has 1 aliphatic heterocycles. The lowest BCUT2D eigenvalue weighted by Crippen LogP contribution is -2.15. The Hall–Kier alpha value is -4.48. The highest BCUT2D eigenvalue weighted by molar-refractivity contribution is 5.99. The summed E-state index contributed by atoms with van der Waals surface area (Å²) < 4.78 is 15.9. The maximum absolute atomic E-state index is 12.6. The van der Waals surface area contributed by atoms with Crippen LogP contribution in [-0.4, -0.2) is 57.4 Å². The highest BCUT2D eigenvalue weighted by atomic mass is 16.6. The van der Waals surface area contributed by atoms with Crippen LogP contribution in [-0.2, 0) is 20.9 Å². The highest BCUT2D eigenvalue weighted by Crippen LogP contribution is 2.43. The average Bonchev–Trinajstić information content (AvgIpc) is 3.37. The van der Waals surface area contributed by atoms with Crippen molar-refractivity contribution < 1.29 is 33.7 Å². The summed E-state index contributed by atoms with van der Waals surface area (Å²) in [5.41, 5.74) is 1.92. The van der Waals surface area contributed by atoms with E-state index in [1.165, 1.54) is 14.2 Å². The summed E-state index contributed by atoms with van der Waals surface area (Å²) in [7, 11) is 2.90. The molecule has 0 spiro atoms.